The third-order valence-corrected chi connectivity index (χ3v) is 19.2. The molecule has 18 nitrogen and oxygen atoms in total. The normalized spacial score (nSPS) is 13.4. The fraction of sp³-hybridized carbons (Fsp3) is 0.675. The Morgan fingerprint density at radius 1 is 0.353 bits per heavy atom. The van der Waals surface area contributed by atoms with Gasteiger partial charge >= 0.3 is 23.9 Å². The van der Waals surface area contributed by atoms with Crippen LogP contribution in [0.5, 0.6) is 11.5 Å². The fourth-order valence-corrected chi connectivity index (χ4v) is 12.4. The molecule has 0 amide bonds. The molecule has 0 aliphatic carbocycles. The van der Waals surface area contributed by atoms with Crippen LogP contribution in [0.15, 0.2) is 54.3 Å². The maximum atomic E-state index is 12.5. The number of unbranched alkanes of at least 4 members (excludes halogenated alkanes) is 24. The van der Waals surface area contributed by atoms with Gasteiger partial charge in [0.05, 0.1) is 151 Å². The predicted molar refractivity (Wildman–Crippen MR) is 414 cm³/mol. The minimum atomic E-state index is -0.548. The highest BCUT2D eigenvalue weighted by atomic mass is 79.9. The molecule has 2 unspecified atom stereocenters. The number of carbonyl (C=O) groups excluding carboxylic acids is 4. The van der Waals surface area contributed by atoms with Crippen molar-refractivity contribution in [2.24, 2.45) is 0 Å². The number of hydrogen-bond donors (Lipinski definition) is 0. The van der Waals surface area contributed by atoms with Gasteiger partial charge in [0, 0.05) is 44.2 Å². The van der Waals surface area contributed by atoms with Crippen LogP contribution in [0.2, 0.25) is 0 Å². The zero-order chi connectivity index (χ0) is 73.9. The van der Waals surface area contributed by atoms with E-state index in [-0.39, 0.29) is 37.6 Å². The van der Waals surface area contributed by atoms with Crippen molar-refractivity contribution < 1.29 is 85.5 Å². The van der Waals surface area contributed by atoms with E-state index in [9.17, 15) is 19.2 Å². The molecule has 2 aliphatic rings. The van der Waals surface area contributed by atoms with Gasteiger partial charge < -0.3 is 66.3 Å². The van der Waals surface area contributed by atoms with Gasteiger partial charge in [0.25, 0.3) is 0 Å². The summed E-state index contributed by atoms with van der Waals surface area (Å²) in [4.78, 5) is 49.7. The number of benzene rings is 3. The lowest BCUT2D eigenvalue weighted by molar-refractivity contribution is 0.00529. The van der Waals surface area contributed by atoms with Gasteiger partial charge in [-0.25, -0.2) is 19.2 Å². The van der Waals surface area contributed by atoms with Gasteiger partial charge in [-0.2, -0.15) is 0 Å². The first-order valence-corrected chi connectivity index (χ1v) is 40.5. The molecule has 2 fully saturated rings. The van der Waals surface area contributed by atoms with Gasteiger partial charge in [0.15, 0.2) is 0 Å². The van der Waals surface area contributed by atoms with E-state index in [1.54, 1.807) is 26.4 Å². The van der Waals surface area contributed by atoms with E-state index in [1.807, 2.05) is 12.1 Å². The van der Waals surface area contributed by atoms with Crippen LogP contribution in [-0.4, -0.2) is 169 Å². The van der Waals surface area contributed by atoms with Crippen LogP contribution in [0.25, 0.3) is 0 Å². The largest absolute Gasteiger partial charge is 0.492 e. The maximum absolute atomic E-state index is 12.5. The van der Waals surface area contributed by atoms with Gasteiger partial charge in [0.1, 0.15) is 24.7 Å². The van der Waals surface area contributed by atoms with E-state index >= 15 is 0 Å². The quantitative estimate of drug-likeness (QED) is 0.0169. The van der Waals surface area contributed by atoms with Crippen molar-refractivity contribution in [2.75, 3.05) is 133 Å². The van der Waals surface area contributed by atoms with Crippen molar-refractivity contribution in [1.82, 2.24) is 0 Å². The number of halogens is 4. The molecule has 0 N–H and O–H groups in total. The lowest BCUT2D eigenvalue weighted by atomic mass is 10.1. The van der Waals surface area contributed by atoms with E-state index in [2.05, 4.69) is 89.4 Å². The van der Waals surface area contributed by atoms with Crippen LogP contribution in [-0.2, 0) is 56.8 Å². The van der Waals surface area contributed by atoms with Gasteiger partial charge in [-0.15, -0.1) is 12.8 Å². The highest BCUT2D eigenvalue weighted by Gasteiger charge is 2.24. The molecule has 2 aliphatic heterocycles. The van der Waals surface area contributed by atoms with Crippen molar-refractivity contribution in [3.8, 4) is 36.2 Å². The molecule has 3 aromatic carbocycles. The molecule has 102 heavy (non-hydrogen) atoms. The van der Waals surface area contributed by atoms with Crippen LogP contribution in [0.3, 0.4) is 0 Å². The zero-order valence-electron chi connectivity index (χ0n) is 61.6. The third-order valence-electron chi connectivity index (χ3n) is 16.5. The summed E-state index contributed by atoms with van der Waals surface area (Å²) in [5, 5.41) is 0. The van der Waals surface area contributed by atoms with E-state index in [4.69, 9.17) is 79.2 Å². The van der Waals surface area contributed by atoms with Crippen LogP contribution in [0, 0.1) is 24.7 Å². The molecule has 5 rings (SSSR count). The maximum Gasteiger partial charge on any atom is 0.339 e. The summed E-state index contributed by atoms with van der Waals surface area (Å²) in [5.41, 5.74) is 2.76. The fourth-order valence-electron chi connectivity index (χ4n) is 10.4. The summed E-state index contributed by atoms with van der Waals surface area (Å²) in [7, 11) is 3.21. The van der Waals surface area contributed by atoms with Crippen LogP contribution in [0.4, 0.5) is 0 Å². The minimum Gasteiger partial charge on any atom is -0.492 e. The van der Waals surface area contributed by atoms with E-state index in [0.29, 0.717) is 132 Å². The monoisotopic (exact) mass is 1680 g/mol. The summed E-state index contributed by atoms with van der Waals surface area (Å²) < 4.78 is 76.5. The first-order valence-electron chi connectivity index (χ1n) is 37.4. The Labute approximate surface area is 644 Å². The standard InChI is InChI=1S/C30H46O2.C28H40Br2O6.C22H32Br2O10/c1-5-9-11-13-15-17-19-21-23-31-29-25-28(8-4)30(26-27(29)7-3)32-24-22-20-18-16-14-12-10-6-2;29-25-18-24(28(32)34-16-12-8-4-2-6-10-14-22-20-36-22)26(30)17-23(25)27(31)33-15-11-7-3-1-5-9-13-21-19-35-21;1-27-3-5-29-7-9-31-11-13-33-21(25)17-15-20(24)18(16-19(17)23)22(26)34-14-12-32-10-8-30-6-4-28-2/h3-4,25-26H,5-6,9-24H2,1-2H3;17-18,21-22H,1-16,19-20H2;15-16H,3-14H2,1-2H3. The van der Waals surface area contributed by atoms with Crippen molar-refractivity contribution >= 4 is 87.6 Å². The molecule has 0 spiro atoms. The molecule has 0 bridgehead atoms. The third kappa shape index (κ3) is 45.4. The smallest absolute Gasteiger partial charge is 0.339 e. The predicted octanol–water partition coefficient (Wildman–Crippen LogP) is 19.4. The van der Waals surface area contributed by atoms with Gasteiger partial charge in [-0.1, -0.05) is 180 Å². The highest BCUT2D eigenvalue weighted by molar-refractivity contribution is 9.11. The number of rotatable bonds is 60. The molecule has 0 radical (unpaired) electrons. The lowest BCUT2D eigenvalue weighted by Gasteiger charge is -2.13. The summed E-state index contributed by atoms with van der Waals surface area (Å²) >= 11 is 13.4. The number of epoxide rings is 2. The summed E-state index contributed by atoms with van der Waals surface area (Å²) in [6.07, 6.45) is 48.8. The Bertz CT molecular complexity index is 2630. The topological polar surface area (TPSA) is 204 Å². The van der Waals surface area contributed by atoms with Crippen LogP contribution >= 0.6 is 63.7 Å². The Balaban J connectivity index is 0.000000399. The second kappa shape index (κ2) is 62.0. The first-order chi connectivity index (χ1) is 49.8. The average Bonchev–Trinajstić information content (AvgIpc) is 0.955. The Hall–Kier alpha value is -4.14. The molecular weight excluding hydrogens is 1570 g/mol. The Kier molecular flexibility index (Phi) is 55.9. The minimum absolute atomic E-state index is 0.0855. The Morgan fingerprint density at radius 2 is 0.598 bits per heavy atom. The average molecular weight is 1690 g/mol. The number of ether oxygens (including phenoxy) is 14. The molecular formula is C80H118Br4O18. The van der Waals surface area contributed by atoms with Gasteiger partial charge in [-0.3, -0.25) is 0 Å². The molecule has 574 valence electrons. The van der Waals surface area contributed by atoms with Crippen molar-refractivity contribution in [3.05, 3.63) is 87.7 Å². The summed E-state index contributed by atoms with van der Waals surface area (Å²) in [5.74, 6) is 4.97. The molecule has 0 aromatic heterocycles. The molecule has 2 atom stereocenters. The second-order valence-electron chi connectivity index (χ2n) is 25.1. The number of esters is 4. The summed E-state index contributed by atoms with van der Waals surface area (Å²) in [6.45, 7) is 12.9. The SMILES string of the molecule is C#Cc1cc(OCCCCCCCCCC)c(C#C)cc1OCCCCCCCCCC.COCCOCCOCCOC(=O)c1cc(Br)c(C(=O)OCCOCCOCCOC)cc1Br.O=C(OCCCCCCCCC1CO1)c1cc(Br)c(C(=O)OCCCCCCCCC2CO2)cc1Br. The number of methoxy groups -OCH3 is 2. The molecule has 3 aromatic rings. The number of carbonyl (C=O) groups is 4. The molecule has 2 saturated heterocycles. The summed E-state index contributed by atoms with van der Waals surface area (Å²) in [6, 6.07) is 9.98. The van der Waals surface area contributed by atoms with Crippen LogP contribution in [0.1, 0.15) is 259 Å². The number of hydrogen-bond acceptors (Lipinski definition) is 18. The lowest BCUT2D eigenvalue weighted by Crippen LogP contribution is -2.16. The van der Waals surface area contributed by atoms with Crippen LogP contribution < -0.4 is 9.47 Å². The van der Waals surface area contributed by atoms with Crippen molar-refractivity contribution in [3.63, 3.8) is 0 Å². The molecule has 22 heteroatoms. The van der Waals surface area contributed by atoms with E-state index in [1.165, 1.54) is 153 Å². The van der Waals surface area contributed by atoms with E-state index < -0.39 is 23.9 Å². The van der Waals surface area contributed by atoms with Crippen molar-refractivity contribution in [1.29, 1.82) is 0 Å². The first kappa shape index (κ1) is 92.1. The van der Waals surface area contributed by atoms with Crippen molar-refractivity contribution in [2.45, 2.75) is 219 Å². The molecule has 2 heterocycles. The molecule has 0 saturated carbocycles. The van der Waals surface area contributed by atoms with E-state index in [0.717, 1.165) is 75.7 Å². The zero-order valence-corrected chi connectivity index (χ0v) is 67.9. The Morgan fingerprint density at radius 3 is 0.873 bits per heavy atom. The van der Waals surface area contributed by atoms with Gasteiger partial charge in [0.2, 0.25) is 0 Å². The second-order valence-corrected chi connectivity index (χ2v) is 28.5. The highest BCUT2D eigenvalue weighted by Crippen LogP contribution is 2.32. The number of terminal acetylenes is 2. The van der Waals surface area contributed by atoms with Gasteiger partial charge in [-0.05, 0) is 127 Å².